The van der Waals surface area contributed by atoms with Gasteiger partial charge in [-0.25, -0.2) is 0 Å². The van der Waals surface area contributed by atoms with Gasteiger partial charge in [-0.05, 0) is 36.5 Å². The lowest BCUT2D eigenvalue weighted by Crippen LogP contribution is -1.99. The summed E-state index contributed by atoms with van der Waals surface area (Å²) < 4.78 is 32.4. The summed E-state index contributed by atoms with van der Waals surface area (Å²) >= 11 is 4.95. The van der Waals surface area contributed by atoms with E-state index in [1.807, 2.05) is 0 Å². The largest absolute Gasteiger partial charge is 0.294 e. The SMILES string of the molecule is O=S(=O)(O)c1ccc(-n2cn[nH]c2=S)cc1. The summed E-state index contributed by atoms with van der Waals surface area (Å²) in [7, 11) is -4.16. The third-order valence-electron chi connectivity index (χ3n) is 1.96. The van der Waals surface area contributed by atoms with E-state index >= 15 is 0 Å². The first-order valence-corrected chi connectivity index (χ1v) is 6.03. The standard InChI is InChI=1S/C8H7N3O3S2/c12-16(13,14)7-3-1-6(2-4-7)11-5-9-10-8(11)15/h1-5H,(H,10,15)(H,12,13,14). The van der Waals surface area contributed by atoms with Gasteiger partial charge in [0.1, 0.15) is 6.33 Å². The molecule has 0 fully saturated rings. The maximum atomic E-state index is 10.8. The Morgan fingerprint density at radius 1 is 1.31 bits per heavy atom. The van der Waals surface area contributed by atoms with Gasteiger partial charge >= 0.3 is 0 Å². The Bertz CT molecular complexity index is 654. The fourth-order valence-corrected chi connectivity index (χ4v) is 1.90. The smallest absolute Gasteiger partial charge is 0.282 e. The van der Waals surface area contributed by atoms with Gasteiger partial charge in [-0.15, -0.1) is 0 Å². The van der Waals surface area contributed by atoms with E-state index in [4.69, 9.17) is 16.8 Å². The van der Waals surface area contributed by atoms with Gasteiger partial charge in [-0.3, -0.25) is 14.2 Å². The molecular formula is C8H7N3O3S2. The highest BCUT2D eigenvalue weighted by Crippen LogP contribution is 2.13. The Morgan fingerprint density at radius 2 is 1.94 bits per heavy atom. The molecule has 0 aliphatic carbocycles. The van der Waals surface area contributed by atoms with Crippen LogP contribution in [0, 0.1) is 4.77 Å². The van der Waals surface area contributed by atoms with Crippen molar-refractivity contribution in [2.75, 3.05) is 0 Å². The fourth-order valence-electron chi connectivity index (χ4n) is 1.21. The topological polar surface area (TPSA) is 88.0 Å². The molecule has 0 unspecified atom stereocenters. The molecule has 84 valence electrons. The van der Waals surface area contributed by atoms with Crippen LogP contribution in [0.5, 0.6) is 0 Å². The molecule has 0 radical (unpaired) electrons. The highest BCUT2D eigenvalue weighted by atomic mass is 32.2. The zero-order valence-corrected chi connectivity index (χ0v) is 9.49. The summed E-state index contributed by atoms with van der Waals surface area (Å²) in [6.07, 6.45) is 1.48. The third kappa shape index (κ3) is 2.03. The summed E-state index contributed by atoms with van der Waals surface area (Å²) in [4.78, 5) is -0.161. The van der Waals surface area contributed by atoms with Gasteiger partial charge in [-0.1, -0.05) is 0 Å². The van der Waals surface area contributed by atoms with Crippen molar-refractivity contribution in [1.29, 1.82) is 0 Å². The predicted octanol–water partition coefficient (Wildman–Crippen LogP) is 1.18. The lowest BCUT2D eigenvalue weighted by molar-refractivity contribution is 0.483. The average Bonchev–Trinajstić information content (AvgIpc) is 2.63. The Kier molecular flexibility index (Phi) is 2.62. The zero-order valence-electron chi connectivity index (χ0n) is 7.86. The number of nitrogens with one attached hydrogen (secondary N) is 1. The summed E-state index contributed by atoms with van der Waals surface area (Å²) in [6, 6.07) is 5.63. The van der Waals surface area contributed by atoms with E-state index in [9.17, 15) is 8.42 Å². The summed E-state index contributed by atoms with van der Waals surface area (Å²) in [5.74, 6) is 0. The van der Waals surface area contributed by atoms with Gasteiger partial charge in [0, 0.05) is 5.69 Å². The van der Waals surface area contributed by atoms with E-state index in [2.05, 4.69) is 10.2 Å². The second-order valence-electron chi connectivity index (χ2n) is 3.00. The first-order valence-electron chi connectivity index (χ1n) is 4.18. The Labute approximate surface area is 96.3 Å². The molecule has 0 spiro atoms. The summed E-state index contributed by atoms with van der Waals surface area (Å²) in [6.45, 7) is 0. The number of aromatic nitrogens is 3. The molecule has 8 heteroatoms. The highest BCUT2D eigenvalue weighted by molar-refractivity contribution is 7.85. The Morgan fingerprint density at radius 3 is 2.38 bits per heavy atom. The van der Waals surface area contributed by atoms with Crippen LogP contribution in [0.2, 0.25) is 0 Å². The predicted molar refractivity (Wildman–Crippen MR) is 58.6 cm³/mol. The van der Waals surface area contributed by atoms with Gasteiger partial charge in [-0.2, -0.15) is 13.5 Å². The van der Waals surface area contributed by atoms with Crippen LogP contribution >= 0.6 is 12.2 Å². The van der Waals surface area contributed by atoms with E-state index in [-0.39, 0.29) is 4.90 Å². The molecule has 0 atom stereocenters. The van der Waals surface area contributed by atoms with Crippen LogP contribution in [0.3, 0.4) is 0 Å². The van der Waals surface area contributed by atoms with Crippen LogP contribution < -0.4 is 0 Å². The molecule has 1 aromatic heterocycles. The number of rotatable bonds is 2. The second-order valence-corrected chi connectivity index (χ2v) is 4.81. The molecule has 0 saturated carbocycles. The van der Waals surface area contributed by atoms with Crippen LogP contribution in [-0.4, -0.2) is 27.7 Å². The number of aromatic amines is 1. The zero-order chi connectivity index (χ0) is 11.8. The van der Waals surface area contributed by atoms with Crippen LogP contribution in [0.25, 0.3) is 5.69 Å². The van der Waals surface area contributed by atoms with Crippen LogP contribution in [0.4, 0.5) is 0 Å². The van der Waals surface area contributed by atoms with Crippen LogP contribution in [-0.2, 0) is 10.1 Å². The number of hydrogen-bond donors (Lipinski definition) is 2. The monoisotopic (exact) mass is 257 g/mol. The lowest BCUT2D eigenvalue weighted by atomic mass is 10.3. The van der Waals surface area contributed by atoms with Crippen molar-refractivity contribution in [2.24, 2.45) is 0 Å². The molecule has 0 bridgehead atoms. The van der Waals surface area contributed by atoms with Crippen molar-refractivity contribution >= 4 is 22.3 Å². The second kappa shape index (κ2) is 3.81. The Hall–Kier alpha value is -1.51. The molecule has 1 heterocycles. The minimum atomic E-state index is -4.16. The highest BCUT2D eigenvalue weighted by Gasteiger charge is 2.08. The van der Waals surface area contributed by atoms with Gasteiger partial charge in [0.25, 0.3) is 10.1 Å². The normalized spacial score (nSPS) is 11.6. The maximum absolute atomic E-state index is 10.8. The number of benzene rings is 1. The van der Waals surface area contributed by atoms with Gasteiger partial charge in [0.05, 0.1) is 4.90 Å². The maximum Gasteiger partial charge on any atom is 0.294 e. The van der Waals surface area contributed by atoms with Crippen molar-refractivity contribution in [1.82, 2.24) is 14.8 Å². The number of nitrogens with zero attached hydrogens (tertiary/aromatic N) is 2. The molecule has 0 aliphatic heterocycles. The number of H-pyrrole nitrogens is 1. The molecule has 16 heavy (non-hydrogen) atoms. The van der Waals surface area contributed by atoms with Crippen molar-refractivity contribution in [3.05, 3.63) is 35.4 Å². The molecule has 1 aromatic carbocycles. The number of hydrogen-bond acceptors (Lipinski definition) is 4. The molecule has 0 aliphatic rings. The molecule has 2 aromatic rings. The molecule has 2 N–H and O–H groups in total. The van der Waals surface area contributed by atoms with Crippen LogP contribution in [0.1, 0.15) is 0 Å². The summed E-state index contributed by atoms with van der Waals surface area (Å²) in [5, 5.41) is 6.31. The van der Waals surface area contributed by atoms with E-state index in [1.54, 1.807) is 4.57 Å². The van der Waals surface area contributed by atoms with E-state index in [1.165, 1.54) is 30.6 Å². The minimum Gasteiger partial charge on any atom is -0.282 e. The summed E-state index contributed by atoms with van der Waals surface area (Å²) in [5.41, 5.74) is 0.658. The molecule has 0 saturated heterocycles. The molecular weight excluding hydrogens is 250 g/mol. The third-order valence-corrected chi connectivity index (χ3v) is 3.12. The average molecular weight is 257 g/mol. The first kappa shape index (κ1) is 11.0. The van der Waals surface area contributed by atoms with Crippen molar-refractivity contribution in [2.45, 2.75) is 4.90 Å². The molecule has 0 amide bonds. The van der Waals surface area contributed by atoms with Crippen molar-refractivity contribution in [3.8, 4) is 5.69 Å². The van der Waals surface area contributed by atoms with Crippen molar-refractivity contribution < 1.29 is 13.0 Å². The quantitative estimate of drug-likeness (QED) is 0.623. The van der Waals surface area contributed by atoms with Gasteiger partial charge < -0.3 is 0 Å². The van der Waals surface area contributed by atoms with Crippen LogP contribution in [0.15, 0.2) is 35.5 Å². The lowest BCUT2D eigenvalue weighted by Gasteiger charge is -2.01. The first-order chi connectivity index (χ1) is 7.48. The fraction of sp³-hybridized carbons (Fsp3) is 0. The van der Waals surface area contributed by atoms with Crippen molar-refractivity contribution in [3.63, 3.8) is 0 Å². The van der Waals surface area contributed by atoms with Gasteiger partial charge in [0.2, 0.25) is 0 Å². The molecule has 2 rings (SSSR count). The van der Waals surface area contributed by atoms with E-state index in [0.29, 0.717) is 10.5 Å². The van der Waals surface area contributed by atoms with E-state index in [0.717, 1.165) is 0 Å². The van der Waals surface area contributed by atoms with E-state index < -0.39 is 10.1 Å². The van der Waals surface area contributed by atoms with Gasteiger partial charge in [0.15, 0.2) is 4.77 Å². The minimum absolute atomic E-state index is 0.161. The molecule has 6 nitrogen and oxygen atoms in total. The Balaban J connectivity index is 2.49.